The summed E-state index contributed by atoms with van der Waals surface area (Å²) in [5.74, 6) is 0. The highest BCUT2D eigenvalue weighted by atomic mass is 32.1. The lowest BCUT2D eigenvalue weighted by Crippen LogP contribution is -2.09. The first-order chi connectivity index (χ1) is 6.27. The molecule has 0 saturated heterocycles. The van der Waals surface area contributed by atoms with E-state index < -0.39 is 0 Å². The van der Waals surface area contributed by atoms with Gasteiger partial charge in [-0.3, -0.25) is 9.98 Å². The molecule has 0 aliphatic rings. The Morgan fingerprint density at radius 2 is 2.23 bits per heavy atom. The number of hydrogen-bond donors (Lipinski definition) is 1. The first kappa shape index (κ1) is 8.26. The molecule has 0 aliphatic carbocycles. The maximum atomic E-state index is 7.64. The lowest BCUT2D eigenvalue weighted by atomic mass is 10.2. The van der Waals surface area contributed by atoms with Gasteiger partial charge in [-0.05, 0) is 24.6 Å². The van der Waals surface area contributed by atoms with Gasteiger partial charge in [0, 0.05) is 17.3 Å². The van der Waals surface area contributed by atoms with Crippen LogP contribution >= 0.6 is 11.3 Å². The average Bonchev–Trinajstić information content (AvgIpc) is 2.51. The summed E-state index contributed by atoms with van der Waals surface area (Å²) in [7, 11) is 0. The highest BCUT2D eigenvalue weighted by Crippen LogP contribution is 2.08. The zero-order chi connectivity index (χ0) is 9.26. The molecule has 0 bridgehead atoms. The van der Waals surface area contributed by atoms with E-state index in [9.17, 15) is 0 Å². The van der Waals surface area contributed by atoms with Crippen LogP contribution in [0.25, 0.3) is 5.69 Å². The molecule has 2 aromatic rings. The first-order valence-corrected chi connectivity index (χ1v) is 4.93. The number of rotatable bonds is 1. The Morgan fingerprint density at radius 3 is 2.85 bits per heavy atom. The topological polar surface area (TPSA) is 28.8 Å². The van der Waals surface area contributed by atoms with Gasteiger partial charge in [-0.15, -0.1) is 11.3 Å². The molecule has 2 rings (SSSR count). The van der Waals surface area contributed by atoms with Crippen LogP contribution in [-0.2, 0) is 0 Å². The molecule has 1 aromatic carbocycles. The molecule has 0 aliphatic heterocycles. The second kappa shape index (κ2) is 3.18. The number of nitrogens with zero attached hydrogens (tertiary/aromatic N) is 1. The third-order valence-corrected chi connectivity index (χ3v) is 2.57. The van der Waals surface area contributed by atoms with Crippen molar-refractivity contribution >= 4 is 11.3 Å². The van der Waals surface area contributed by atoms with E-state index in [1.807, 2.05) is 28.3 Å². The van der Waals surface area contributed by atoms with Gasteiger partial charge >= 0.3 is 0 Å². The predicted octanol–water partition coefficient (Wildman–Crippen LogP) is 2.33. The number of aromatic nitrogens is 1. The summed E-state index contributed by atoms with van der Waals surface area (Å²) in [4.78, 5) is 0.561. The first-order valence-electron chi connectivity index (χ1n) is 4.05. The van der Waals surface area contributed by atoms with Crippen LogP contribution in [0.1, 0.15) is 5.56 Å². The van der Waals surface area contributed by atoms with E-state index in [4.69, 9.17) is 5.41 Å². The van der Waals surface area contributed by atoms with E-state index in [0.29, 0.717) is 4.80 Å². The van der Waals surface area contributed by atoms with E-state index in [1.54, 1.807) is 0 Å². The number of aryl methyl sites for hydroxylation is 1. The minimum atomic E-state index is 0.561. The summed E-state index contributed by atoms with van der Waals surface area (Å²) >= 11 is 1.43. The van der Waals surface area contributed by atoms with Crippen molar-refractivity contribution in [1.29, 1.82) is 5.41 Å². The van der Waals surface area contributed by atoms with E-state index in [0.717, 1.165) is 5.69 Å². The summed E-state index contributed by atoms with van der Waals surface area (Å²) in [6.07, 6.45) is 1.92. The fourth-order valence-corrected chi connectivity index (χ4v) is 1.85. The van der Waals surface area contributed by atoms with Crippen molar-refractivity contribution in [3.8, 4) is 5.69 Å². The molecule has 0 spiro atoms. The van der Waals surface area contributed by atoms with Crippen LogP contribution in [0.5, 0.6) is 0 Å². The summed E-state index contributed by atoms with van der Waals surface area (Å²) in [5.41, 5.74) is 2.28. The van der Waals surface area contributed by atoms with E-state index in [-0.39, 0.29) is 0 Å². The fraction of sp³-hybridized carbons (Fsp3) is 0.100. The van der Waals surface area contributed by atoms with Crippen LogP contribution in [0.15, 0.2) is 35.8 Å². The molecule has 0 fully saturated rings. The van der Waals surface area contributed by atoms with E-state index in [2.05, 4.69) is 19.1 Å². The van der Waals surface area contributed by atoms with Gasteiger partial charge in [0.1, 0.15) is 0 Å². The van der Waals surface area contributed by atoms with Crippen molar-refractivity contribution in [1.82, 2.24) is 4.57 Å². The molecular weight excluding hydrogens is 180 g/mol. The molecule has 0 radical (unpaired) electrons. The van der Waals surface area contributed by atoms with Gasteiger partial charge in [0.25, 0.3) is 0 Å². The molecule has 0 saturated carbocycles. The normalized spacial score (nSPS) is 10.2. The standard InChI is InChI=1S/C10H10N2S/c1-8-3-2-4-9(7-8)12-5-6-13-10(12)11/h2-7,11H,1H3. The SMILES string of the molecule is Cc1cccc(-n2ccsc2=N)c1. The zero-order valence-electron chi connectivity index (χ0n) is 7.32. The van der Waals surface area contributed by atoms with Crippen molar-refractivity contribution in [2.45, 2.75) is 6.92 Å². The van der Waals surface area contributed by atoms with Gasteiger partial charge in [-0.2, -0.15) is 0 Å². The van der Waals surface area contributed by atoms with Crippen LogP contribution in [0, 0.1) is 12.3 Å². The molecule has 66 valence electrons. The van der Waals surface area contributed by atoms with Crippen molar-refractivity contribution in [3.63, 3.8) is 0 Å². The monoisotopic (exact) mass is 190 g/mol. The molecule has 1 heterocycles. The van der Waals surface area contributed by atoms with Crippen LogP contribution in [-0.4, -0.2) is 4.57 Å². The van der Waals surface area contributed by atoms with Crippen molar-refractivity contribution < 1.29 is 0 Å². The summed E-state index contributed by atoms with van der Waals surface area (Å²) < 4.78 is 1.87. The van der Waals surface area contributed by atoms with Gasteiger partial charge in [0.2, 0.25) is 0 Å². The van der Waals surface area contributed by atoms with Crippen LogP contribution in [0.4, 0.5) is 0 Å². The molecule has 3 heteroatoms. The highest BCUT2D eigenvalue weighted by Gasteiger charge is 1.96. The molecule has 1 aromatic heterocycles. The largest absolute Gasteiger partial charge is 0.293 e. The molecule has 1 N–H and O–H groups in total. The number of thiazole rings is 1. The van der Waals surface area contributed by atoms with Gasteiger partial charge in [-0.25, -0.2) is 0 Å². The van der Waals surface area contributed by atoms with Gasteiger partial charge in [0.15, 0.2) is 4.80 Å². The third-order valence-electron chi connectivity index (χ3n) is 1.89. The predicted molar refractivity (Wildman–Crippen MR) is 54.2 cm³/mol. The quantitative estimate of drug-likeness (QED) is 0.715. The maximum Gasteiger partial charge on any atom is 0.186 e. The van der Waals surface area contributed by atoms with Gasteiger partial charge in [-0.1, -0.05) is 12.1 Å². The maximum absolute atomic E-state index is 7.64. The summed E-state index contributed by atoms with van der Waals surface area (Å²) in [5, 5.41) is 9.56. The van der Waals surface area contributed by atoms with Crippen LogP contribution < -0.4 is 4.80 Å². The van der Waals surface area contributed by atoms with E-state index in [1.165, 1.54) is 16.9 Å². The average molecular weight is 190 g/mol. The van der Waals surface area contributed by atoms with E-state index >= 15 is 0 Å². The Kier molecular flexibility index (Phi) is 2.02. The van der Waals surface area contributed by atoms with Crippen molar-refractivity contribution in [3.05, 3.63) is 46.2 Å². The molecule has 2 nitrogen and oxygen atoms in total. The molecule has 13 heavy (non-hydrogen) atoms. The molecule has 0 amide bonds. The Bertz CT molecular complexity index is 468. The summed E-state index contributed by atoms with van der Waals surface area (Å²) in [6.45, 7) is 2.06. The highest BCUT2D eigenvalue weighted by molar-refractivity contribution is 7.07. The van der Waals surface area contributed by atoms with Crippen LogP contribution in [0.2, 0.25) is 0 Å². The minimum Gasteiger partial charge on any atom is -0.293 e. The smallest absolute Gasteiger partial charge is 0.186 e. The Morgan fingerprint density at radius 1 is 1.38 bits per heavy atom. The zero-order valence-corrected chi connectivity index (χ0v) is 8.14. The number of benzene rings is 1. The van der Waals surface area contributed by atoms with Crippen LogP contribution in [0.3, 0.4) is 0 Å². The number of nitrogens with one attached hydrogen (secondary N) is 1. The second-order valence-corrected chi connectivity index (χ2v) is 3.81. The Hall–Kier alpha value is -1.35. The third kappa shape index (κ3) is 1.55. The van der Waals surface area contributed by atoms with Gasteiger partial charge in [0.05, 0.1) is 0 Å². The van der Waals surface area contributed by atoms with Gasteiger partial charge < -0.3 is 0 Å². The fourth-order valence-electron chi connectivity index (χ4n) is 1.26. The number of hydrogen-bond acceptors (Lipinski definition) is 2. The second-order valence-electron chi connectivity index (χ2n) is 2.92. The molecule has 0 atom stereocenters. The summed E-state index contributed by atoms with van der Waals surface area (Å²) in [6, 6.07) is 8.15. The Balaban J connectivity index is 2.59. The molecule has 0 unspecified atom stereocenters. The Labute approximate surface area is 80.6 Å². The van der Waals surface area contributed by atoms with Crippen molar-refractivity contribution in [2.24, 2.45) is 0 Å². The lowest BCUT2D eigenvalue weighted by Gasteiger charge is -2.02. The minimum absolute atomic E-state index is 0.561. The molecular formula is C10H10N2S. The lowest BCUT2D eigenvalue weighted by molar-refractivity contribution is 0.977. The van der Waals surface area contributed by atoms with Crippen molar-refractivity contribution in [2.75, 3.05) is 0 Å².